The second-order valence-electron chi connectivity index (χ2n) is 2.90. The topological polar surface area (TPSA) is 43.3 Å². The van der Waals surface area contributed by atoms with E-state index in [1.807, 2.05) is 30.3 Å². The molecule has 0 spiro atoms. The summed E-state index contributed by atoms with van der Waals surface area (Å²) in [6, 6.07) is 9.75. The Balaban J connectivity index is 2.54. The fourth-order valence-corrected chi connectivity index (χ4v) is 1.24. The first-order valence-corrected chi connectivity index (χ1v) is 4.33. The van der Waals surface area contributed by atoms with E-state index >= 15 is 0 Å². The van der Waals surface area contributed by atoms with Crippen molar-refractivity contribution in [3.05, 3.63) is 36.0 Å². The average Bonchev–Trinajstić information content (AvgIpc) is 2.61. The number of rotatable bonds is 1. The zero-order valence-corrected chi connectivity index (χ0v) is 8.14. The zero-order valence-electron chi connectivity index (χ0n) is 8.14. The molecule has 72 valence electrons. The van der Waals surface area contributed by atoms with Crippen LogP contribution in [0.2, 0.25) is 0 Å². The molecule has 2 aromatic rings. The number of aromatic nitrogens is 2. The Morgan fingerprint density at radius 1 is 1.29 bits per heavy atom. The van der Waals surface area contributed by atoms with Crippen LogP contribution in [0.15, 0.2) is 39.7 Å². The summed E-state index contributed by atoms with van der Waals surface area (Å²) in [6.45, 7) is 0. The standard InChI is InChI=1S/C10H11N3O/c1-11-10-13(2)12-9(14-10)8-6-4-3-5-7-8/h3-7H,1-2H3. The maximum Gasteiger partial charge on any atom is 0.314 e. The molecule has 4 heteroatoms. The molecule has 1 aromatic heterocycles. The fraction of sp³-hybridized carbons (Fsp3) is 0.200. The molecule has 0 saturated carbocycles. The number of hydrogen-bond donors (Lipinski definition) is 0. The van der Waals surface area contributed by atoms with Gasteiger partial charge in [-0.25, -0.2) is 9.67 Å². The molecule has 0 atom stereocenters. The van der Waals surface area contributed by atoms with Crippen LogP contribution in [-0.4, -0.2) is 16.8 Å². The van der Waals surface area contributed by atoms with Crippen LogP contribution in [0.3, 0.4) is 0 Å². The van der Waals surface area contributed by atoms with E-state index < -0.39 is 0 Å². The SMILES string of the molecule is CN=c1oc(-c2ccccc2)nn1C. The lowest BCUT2D eigenvalue weighted by atomic mass is 10.2. The van der Waals surface area contributed by atoms with Crippen LogP contribution in [0.4, 0.5) is 0 Å². The minimum absolute atomic E-state index is 0.517. The van der Waals surface area contributed by atoms with Gasteiger partial charge in [0.25, 0.3) is 0 Å². The van der Waals surface area contributed by atoms with Crippen molar-refractivity contribution in [2.45, 2.75) is 0 Å². The quantitative estimate of drug-likeness (QED) is 0.676. The molecule has 0 fully saturated rings. The Hall–Kier alpha value is -1.84. The van der Waals surface area contributed by atoms with E-state index in [0.717, 1.165) is 5.56 Å². The largest absolute Gasteiger partial charge is 0.403 e. The maximum absolute atomic E-state index is 5.43. The highest BCUT2D eigenvalue weighted by atomic mass is 16.4. The highest BCUT2D eigenvalue weighted by molar-refractivity contribution is 5.51. The van der Waals surface area contributed by atoms with Crippen LogP contribution >= 0.6 is 0 Å². The molecular formula is C10H11N3O. The fourth-order valence-electron chi connectivity index (χ4n) is 1.24. The Morgan fingerprint density at radius 3 is 2.57 bits per heavy atom. The molecule has 0 amide bonds. The third-order valence-corrected chi connectivity index (χ3v) is 1.92. The van der Waals surface area contributed by atoms with Gasteiger partial charge in [0.2, 0.25) is 5.89 Å². The summed E-state index contributed by atoms with van der Waals surface area (Å²) in [6.07, 6.45) is 0. The van der Waals surface area contributed by atoms with Gasteiger partial charge in [0.05, 0.1) is 0 Å². The van der Waals surface area contributed by atoms with Crippen molar-refractivity contribution >= 4 is 0 Å². The van der Waals surface area contributed by atoms with Gasteiger partial charge in [-0.1, -0.05) is 18.2 Å². The number of nitrogens with zero attached hydrogens (tertiary/aromatic N) is 3. The third-order valence-electron chi connectivity index (χ3n) is 1.92. The minimum Gasteiger partial charge on any atom is -0.403 e. The number of benzene rings is 1. The van der Waals surface area contributed by atoms with Crippen LogP contribution in [0.1, 0.15) is 0 Å². The van der Waals surface area contributed by atoms with Gasteiger partial charge in [0.15, 0.2) is 0 Å². The van der Waals surface area contributed by atoms with Crippen molar-refractivity contribution in [3.8, 4) is 11.5 Å². The van der Waals surface area contributed by atoms with Gasteiger partial charge in [-0.3, -0.25) is 0 Å². The molecule has 0 unspecified atom stereocenters. The molecule has 2 rings (SSSR count). The van der Waals surface area contributed by atoms with E-state index in [4.69, 9.17) is 4.42 Å². The van der Waals surface area contributed by atoms with E-state index in [9.17, 15) is 0 Å². The number of aryl methyl sites for hydroxylation is 1. The maximum atomic E-state index is 5.43. The van der Waals surface area contributed by atoms with E-state index in [1.54, 1.807) is 18.8 Å². The van der Waals surface area contributed by atoms with Crippen molar-refractivity contribution < 1.29 is 4.42 Å². The van der Waals surface area contributed by atoms with Crippen molar-refractivity contribution in [2.24, 2.45) is 12.0 Å². The normalized spacial score (nSPS) is 12.0. The third kappa shape index (κ3) is 1.46. The highest BCUT2D eigenvalue weighted by Gasteiger charge is 2.04. The first kappa shape index (κ1) is 8.74. The first-order valence-electron chi connectivity index (χ1n) is 4.33. The van der Waals surface area contributed by atoms with E-state index in [0.29, 0.717) is 11.6 Å². The van der Waals surface area contributed by atoms with Crippen molar-refractivity contribution in [2.75, 3.05) is 7.05 Å². The van der Waals surface area contributed by atoms with Crippen LogP contribution in [-0.2, 0) is 7.05 Å². The van der Waals surface area contributed by atoms with Gasteiger partial charge in [-0.05, 0) is 12.1 Å². The molecular weight excluding hydrogens is 178 g/mol. The average molecular weight is 189 g/mol. The molecule has 0 aliphatic heterocycles. The summed E-state index contributed by atoms with van der Waals surface area (Å²) in [4.78, 5) is 3.95. The van der Waals surface area contributed by atoms with E-state index in [2.05, 4.69) is 10.1 Å². The molecule has 0 aliphatic carbocycles. The molecule has 0 radical (unpaired) electrons. The Morgan fingerprint density at radius 2 is 2.00 bits per heavy atom. The van der Waals surface area contributed by atoms with Crippen LogP contribution in [0, 0.1) is 0 Å². The molecule has 0 N–H and O–H groups in total. The lowest BCUT2D eigenvalue weighted by Gasteiger charge is -1.90. The van der Waals surface area contributed by atoms with Gasteiger partial charge in [-0.2, -0.15) is 0 Å². The summed E-state index contributed by atoms with van der Waals surface area (Å²) in [5.41, 5.74) is 1.47. The predicted molar refractivity (Wildman–Crippen MR) is 52.4 cm³/mol. The number of hydrogen-bond acceptors (Lipinski definition) is 3. The lowest BCUT2D eigenvalue weighted by molar-refractivity contribution is 0.484. The van der Waals surface area contributed by atoms with Gasteiger partial charge in [0.1, 0.15) is 0 Å². The lowest BCUT2D eigenvalue weighted by Crippen LogP contribution is -2.12. The summed E-state index contributed by atoms with van der Waals surface area (Å²) in [5, 5.41) is 4.21. The highest BCUT2D eigenvalue weighted by Crippen LogP contribution is 2.13. The molecule has 14 heavy (non-hydrogen) atoms. The van der Waals surface area contributed by atoms with Gasteiger partial charge >= 0.3 is 5.68 Å². The van der Waals surface area contributed by atoms with Crippen molar-refractivity contribution in [1.29, 1.82) is 0 Å². The van der Waals surface area contributed by atoms with E-state index in [-0.39, 0.29) is 0 Å². The molecule has 0 bridgehead atoms. The Bertz CT molecular complexity index is 482. The summed E-state index contributed by atoms with van der Waals surface area (Å²) in [7, 11) is 3.48. The van der Waals surface area contributed by atoms with Crippen molar-refractivity contribution in [1.82, 2.24) is 9.78 Å². The van der Waals surface area contributed by atoms with Crippen LogP contribution in [0.25, 0.3) is 11.5 Å². The zero-order chi connectivity index (χ0) is 9.97. The van der Waals surface area contributed by atoms with Crippen LogP contribution in [0.5, 0.6) is 0 Å². The second kappa shape index (κ2) is 3.49. The summed E-state index contributed by atoms with van der Waals surface area (Å²) in [5.74, 6) is 0.591. The van der Waals surface area contributed by atoms with Gasteiger partial charge in [-0.15, -0.1) is 5.10 Å². The molecule has 0 saturated heterocycles. The summed E-state index contributed by atoms with van der Waals surface area (Å²) < 4.78 is 7.05. The molecule has 4 nitrogen and oxygen atoms in total. The van der Waals surface area contributed by atoms with E-state index in [1.165, 1.54) is 0 Å². The van der Waals surface area contributed by atoms with Crippen molar-refractivity contribution in [3.63, 3.8) is 0 Å². The second-order valence-corrected chi connectivity index (χ2v) is 2.90. The van der Waals surface area contributed by atoms with Gasteiger partial charge in [0, 0.05) is 19.7 Å². The molecule has 1 aromatic carbocycles. The first-order chi connectivity index (χ1) is 6.81. The molecule has 0 aliphatic rings. The Labute approximate surface area is 81.5 Å². The predicted octanol–water partition coefficient (Wildman–Crippen LogP) is 1.21. The van der Waals surface area contributed by atoms with Crippen LogP contribution < -0.4 is 5.68 Å². The Kier molecular flexibility index (Phi) is 2.18. The van der Waals surface area contributed by atoms with Gasteiger partial charge < -0.3 is 4.42 Å². The molecule has 1 heterocycles. The smallest absolute Gasteiger partial charge is 0.314 e. The minimum atomic E-state index is 0.517. The monoisotopic (exact) mass is 189 g/mol. The summed E-state index contributed by atoms with van der Waals surface area (Å²) >= 11 is 0.